The molecule has 1 rings (SSSR count). The topological polar surface area (TPSA) is 55.1 Å². The van der Waals surface area contributed by atoms with Gasteiger partial charge < -0.3 is 5.11 Å². The van der Waals surface area contributed by atoms with Crippen molar-refractivity contribution >= 4 is 21.9 Å². The molecule has 1 aromatic heterocycles. The van der Waals surface area contributed by atoms with Gasteiger partial charge in [-0.3, -0.25) is 9.48 Å². The first-order chi connectivity index (χ1) is 6.73. The van der Waals surface area contributed by atoms with E-state index in [1.54, 1.807) is 0 Å². The zero-order chi connectivity index (χ0) is 11.8. The summed E-state index contributed by atoms with van der Waals surface area (Å²) in [5, 5.41) is 11.6. The summed E-state index contributed by atoms with van der Waals surface area (Å²) in [5.41, 5.74) is -0.981. The van der Waals surface area contributed by atoms with Gasteiger partial charge in [0.15, 0.2) is 5.69 Å². The fourth-order valence-corrected chi connectivity index (χ4v) is 1.50. The number of carbonyl (C=O) groups is 1. The molecule has 0 aliphatic carbocycles. The lowest BCUT2D eigenvalue weighted by Crippen LogP contribution is -2.13. The van der Waals surface area contributed by atoms with Gasteiger partial charge in [-0.2, -0.15) is 18.3 Å². The van der Waals surface area contributed by atoms with Gasteiger partial charge in [0.25, 0.3) is 0 Å². The van der Waals surface area contributed by atoms with E-state index in [-0.39, 0.29) is 10.2 Å². The highest BCUT2D eigenvalue weighted by molar-refractivity contribution is 9.10. The molecule has 0 fully saturated rings. The molecule has 0 saturated heterocycles. The van der Waals surface area contributed by atoms with Gasteiger partial charge in [-0.05, 0) is 22.9 Å². The maximum atomic E-state index is 12.3. The van der Waals surface area contributed by atoms with Crippen LogP contribution in [0.25, 0.3) is 0 Å². The van der Waals surface area contributed by atoms with Crippen LogP contribution in [0, 0.1) is 6.92 Å². The molecule has 1 N–H and O–H groups in total. The van der Waals surface area contributed by atoms with E-state index in [0.717, 1.165) is 4.68 Å². The summed E-state index contributed by atoms with van der Waals surface area (Å²) in [6, 6.07) is 0. The first-order valence-corrected chi connectivity index (χ1v) is 4.54. The Hall–Kier alpha value is -1.05. The Labute approximate surface area is 90.8 Å². The molecule has 0 radical (unpaired) electrons. The summed E-state index contributed by atoms with van der Waals surface area (Å²) in [6.07, 6.45) is -4.59. The quantitative estimate of drug-likeness (QED) is 0.905. The highest BCUT2D eigenvalue weighted by atomic mass is 79.9. The predicted octanol–water partition coefficient (Wildman–Crippen LogP) is 2.06. The van der Waals surface area contributed by atoms with Crippen molar-refractivity contribution in [2.24, 2.45) is 0 Å². The van der Waals surface area contributed by atoms with Crippen molar-refractivity contribution in [3.8, 4) is 0 Å². The van der Waals surface area contributed by atoms with Gasteiger partial charge in [0.05, 0.1) is 10.2 Å². The normalized spacial score (nSPS) is 11.8. The van der Waals surface area contributed by atoms with E-state index >= 15 is 0 Å². The van der Waals surface area contributed by atoms with Gasteiger partial charge >= 0.3 is 12.1 Å². The molecule has 0 atom stereocenters. The fourth-order valence-electron chi connectivity index (χ4n) is 0.987. The number of aliphatic carboxylic acids is 1. The van der Waals surface area contributed by atoms with E-state index in [9.17, 15) is 18.0 Å². The lowest BCUT2D eigenvalue weighted by Gasteiger charge is -2.01. The van der Waals surface area contributed by atoms with Crippen molar-refractivity contribution < 1.29 is 23.1 Å². The SMILES string of the molecule is Cc1c(Br)c(C(F)(F)F)nn1CC(=O)O. The Morgan fingerprint density at radius 2 is 2.13 bits per heavy atom. The number of rotatable bonds is 2. The zero-order valence-corrected chi connectivity index (χ0v) is 9.05. The van der Waals surface area contributed by atoms with Gasteiger partial charge in [-0.1, -0.05) is 0 Å². The van der Waals surface area contributed by atoms with E-state index in [2.05, 4.69) is 21.0 Å². The number of hydrogen-bond acceptors (Lipinski definition) is 2. The molecular weight excluding hydrogens is 281 g/mol. The van der Waals surface area contributed by atoms with Crippen LogP contribution in [0.15, 0.2) is 4.47 Å². The zero-order valence-electron chi connectivity index (χ0n) is 7.47. The van der Waals surface area contributed by atoms with Crippen molar-refractivity contribution in [2.75, 3.05) is 0 Å². The third-order valence-corrected chi connectivity index (χ3v) is 2.64. The molecule has 0 bridgehead atoms. The maximum Gasteiger partial charge on any atom is 0.436 e. The Balaban J connectivity index is 3.18. The monoisotopic (exact) mass is 286 g/mol. The van der Waals surface area contributed by atoms with Crippen LogP contribution in [-0.2, 0) is 17.5 Å². The molecule has 0 unspecified atom stereocenters. The van der Waals surface area contributed by atoms with Gasteiger partial charge in [-0.25, -0.2) is 0 Å². The molecule has 0 saturated carbocycles. The number of nitrogens with zero attached hydrogens (tertiary/aromatic N) is 2. The summed E-state index contributed by atoms with van der Waals surface area (Å²) >= 11 is 2.73. The lowest BCUT2D eigenvalue weighted by molar-refractivity contribution is -0.143. The van der Waals surface area contributed by atoms with Gasteiger partial charge in [-0.15, -0.1) is 0 Å². The third-order valence-electron chi connectivity index (χ3n) is 1.69. The number of hydrogen-bond donors (Lipinski definition) is 1. The molecule has 1 heterocycles. The maximum absolute atomic E-state index is 12.3. The Morgan fingerprint density at radius 3 is 2.47 bits per heavy atom. The van der Waals surface area contributed by atoms with Crippen molar-refractivity contribution in [2.45, 2.75) is 19.6 Å². The van der Waals surface area contributed by atoms with Crippen molar-refractivity contribution in [3.05, 3.63) is 15.9 Å². The van der Waals surface area contributed by atoms with Crippen LogP contribution in [0.5, 0.6) is 0 Å². The second-order valence-corrected chi connectivity index (χ2v) is 3.59. The minimum atomic E-state index is -4.59. The molecule has 1 aromatic rings. The Kier molecular flexibility index (Phi) is 3.08. The second kappa shape index (κ2) is 3.84. The molecule has 84 valence electrons. The van der Waals surface area contributed by atoms with Crippen LogP contribution >= 0.6 is 15.9 Å². The smallest absolute Gasteiger partial charge is 0.436 e. The molecule has 4 nitrogen and oxygen atoms in total. The number of carboxylic acid groups (broad SMARTS) is 1. The summed E-state index contributed by atoms with van der Waals surface area (Å²) < 4.78 is 37.5. The second-order valence-electron chi connectivity index (χ2n) is 2.80. The van der Waals surface area contributed by atoms with E-state index < -0.39 is 24.4 Å². The largest absolute Gasteiger partial charge is 0.480 e. The molecule has 8 heteroatoms. The summed E-state index contributed by atoms with van der Waals surface area (Å²) in [4.78, 5) is 10.3. The van der Waals surface area contributed by atoms with Crippen LogP contribution in [0.4, 0.5) is 13.2 Å². The van der Waals surface area contributed by atoms with E-state index in [4.69, 9.17) is 5.11 Å². The molecule has 0 aliphatic heterocycles. The molecule has 0 spiro atoms. The van der Waals surface area contributed by atoms with E-state index in [0.29, 0.717) is 0 Å². The van der Waals surface area contributed by atoms with Crippen LogP contribution in [0.3, 0.4) is 0 Å². The lowest BCUT2D eigenvalue weighted by atomic mass is 10.3. The van der Waals surface area contributed by atoms with Crippen LogP contribution < -0.4 is 0 Å². The third kappa shape index (κ3) is 2.49. The van der Waals surface area contributed by atoms with Crippen molar-refractivity contribution in [1.29, 1.82) is 0 Å². The average molecular weight is 287 g/mol. The minimum absolute atomic E-state index is 0.129. The highest BCUT2D eigenvalue weighted by Gasteiger charge is 2.38. The molecule has 0 aromatic carbocycles. The predicted molar refractivity (Wildman–Crippen MR) is 47.3 cm³/mol. The standard InChI is InChI=1S/C7H6BrF3N2O2/c1-3-5(8)6(7(9,10)11)12-13(3)2-4(14)15/h2H2,1H3,(H,14,15). The van der Waals surface area contributed by atoms with Crippen LogP contribution in [0.2, 0.25) is 0 Å². The van der Waals surface area contributed by atoms with Crippen molar-refractivity contribution in [3.63, 3.8) is 0 Å². The first kappa shape index (κ1) is 12.0. The number of alkyl halides is 3. The summed E-state index contributed by atoms with van der Waals surface area (Å²) in [7, 11) is 0. The minimum Gasteiger partial charge on any atom is -0.480 e. The molecular formula is C7H6BrF3N2O2. The molecule has 0 aliphatic rings. The van der Waals surface area contributed by atoms with Crippen molar-refractivity contribution in [1.82, 2.24) is 9.78 Å². The number of carboxylic acids is 1. The number of aromatic nitrogens is 2. The van der Waals surface area contributed by atoms with Gasteiger partial charge in [0, 0.05) is 0 Å². The highest BCUT2D eigenvalue weighted by Crippen LogP contribution is 2.35. The Bertz CT molecular complexity index is 400. The average Bonchev–Trinajstić information content (AvgIpc) is 2.30. The number of halogens is 4. The van der Waals surface area contributed by atoms with Gasteiger partial charge in [0.2, 0.25) is 0 Å². The van der Waals surface area contributed by atoms with E-state index in [1.807, 2.05) is 0 Å². The van der Waals surface area contributed by atoms with Gasteiger partial charge in [0.1, 0.15) is 6.54 Å². The van der Waals surface area contributed by atoms with Crippen LogP contribution in [-0.4, -0.2) is 20.9 Å². The van der Waals surface area contributed by atoms with E-state index in [1.165, 1.54) is 6.92 Å². The molecule has 15 heavy (non-hydrogen) atoms. The first-order valence-electron chi connectivity index (χ1n) is 3.75. The van der Waals surface area contributed by atoms with Crippen LogP contribution in [0.1, 0.15) is 11.4 Å². The summed E-state index contributed by atoms with van der Waals surface area (Å²) in [6.45, 7) is 0.760. The molecule has 0 amide bonds. The fraction of sp³-hybridized carbons (Fsp3) is 0.429. The Morgan fingerprint density at radius 1 is 1.60 bits per heavy atom. The summed E-state index contributed by atoms with van der Waals surface area (Å²) in [5.74, 6) is -1.25.